The zero-order valence-electron chi connectivity index (χ0n) is 11.6. The predicted molar refractivity (Wildman–Crippen MR) is 81.6 cm³/mol. The minimum absolute atomic E-state index is 0.0268. The van der Waals surface area contributed by atoms with Crippen LogP contribution in [0.15, 0.2) is 55.0 Å². The van der Waals surface area contributed by atoms with E-state index in [9.17, 15) is 4.79 Å². The molecule has 1 aliphatic heterocycles. The summed E-state index contributed by atoms with van der Waals surface area (Å²) in [5.74, 6) is 0.0268. The van der Waals surface area contributed by atoms with Gasteiger partial charge in [-0.05, 0) is 36.6 Å². The summed E-state index contributed by atoms with van der Waals surface area (Å²) < 4.78 is 1.88. The van der Waals surface area contributed by atoms with Crippen LogP contribution < -0.4 is 4.90 Å². The van der Waals surface area contributed by atoms with Gasteiger partial charge in [-0.2, -0.15) is 0 Å². The Labute approximate surface area is 122 Å². The van der Waals surface area contributed by atoms with E-state index in [1.54, 1.807) is 6.20 Å². The van der Waals surface area contributed by atoms with Gasteiger partial charge in [0.15, 0.2) is 0 Å². The SMILES string of the molecule is O=C(c1cccn2ccnc12)N1CCCc2ccccc21. The quantitative estimate of drug-likeness (QED) is 0.686. The van der Waals surface area contributed by atoms with Gasteiger partial charge in [-0.25, -0.2) is 4.98 Å². The van der Waals surface area contributed by atoms with Crippen LogP contribution in [0.4, 0.5) is 5.69 Å². The summed E-state index contributed by atoms with van der Waals surface area (Å²) in [7, 11) is 0. The smallest absolute Gasteiger partial charge is 0.262 e. The van der Waals surface area contributed by atoms with Gasteiger partial charge in [0.2, 0.25) is 0 Å². The lowest BCUT2D eigenvalue weighted by Gasteiger charge is -2.29. The number of aryl methyl sites for hydroxylation is 1. The Bertz CT molecular complexity index is 822. The fourth-order valence-electron chi connectivity index (χ4n) is 3.01. The summed E-state index contributed by atoms with van der Waals surface area (Å²) in [6.07, 6.45) is 7.52. The van der Waals surface area contributed by atoms with Crippen LogP contribution in [-0.4, -0.2) is 21.8 Å². The van der Waals surface area contributed by atoms with Crippen LogP contribution in [0.1, 0.15) is 22.3 Å². The summed E-state index contributed by atoms with van der Waals surface area (Å²) >= 11 is 0. The van der Waals surface area contributed by atoms with Crippen molar-refractivity contribution in [1.82, 2.24) is 9.38 Å². The third kappa shape index (κ3) is 1.91. The lowest BCUT2D eigenvalue weighted by atomic mass is 10.0. The lowest BCUT2D eigenvalue weighted by molar-refractivity contribution is 0.0986. The second kappa shape index (κ2) is 4.74. The number of pyridine rings is 1. The van der Waals surface area contributed by atoms with Gasteiger partial charge in [-0.3, -0.25) is 4.79 Å². The first-order chi connectivity index (χ1) is 10.3. The number of carbonyl (C=O) groups excluding carboxylic acids is 1. The van der Waals surface area contributed by atoms with Crippen molar-refractivity contribution in [2.24, 2.45) is 0 Å². The largest absolute Gasteiger partial charge is 0.308 e. The fraction of sp³-hybridized carbons (Fsp3) is 0.176. The van der Waals surface area contributed by atoms with E-state index < -0.39 is 0 Å². The maximum atomic E-state index is 12.9. The highest BCUT2D eigenvalue weighted by Gasteiger charge is 2.24. The van der Waals surface area contributed by atoms with Crippen LogP contribution in [-0.2, 0) is 6.42 Å². The number of fused-ring (bicyclic) bond motifs is 2. The number of hydrogen-bond donors (Lipinski definition) is 0. The molecule has 0 saturated heterocycles. The van der Waals surface area contributed by atoms with E-state index in [4.69, 9.17) is 0 Å². The highest BCUT2D eigenvalue weighted by Crippen LogP contribution is 2.28. The number of rotatable bonds is 1. The first-order valence-corrected chi connectivity index (χ1v) is 7.16. The molecule has 1 aliphatic rings. The molecule has 0 saturated carbocycles. The molecule has 0 N–H and O–H groups in total. The molecule has 0 atom stereocenters. The van der Waals surface area contributed by atoms with Gasteiger partial charge in [0.1, 0.15) is 5.65 Å². The fourth-order valence-corrected chi connectivity index (χ4v) is 3.01. The molecule has 21 heavy (non-hydrogen) atoms. The van der Waals surface area contributed by atoms with Crippen molar-refractivity contribution in [2.45, 2.75) is 12.8 Å². The van der Waals surface area contributed by atoms with Crippen LogP contribution in [0.5, 0.6) is 0 Å². The number of amides is 1. The summed E-state index contributed by atoms with van der Waals surface area (Å²) in [5.41, 5.74) is 3.64. The Morgan fingerprint density at radius 3 is 2.95 bits per heavy atom. The molecule has 1 aromatic carbocycles. The molecule has 4 rings (SSSR count). The third-order valence-corrected chi connectivity index (χ3v) is 4.00. The van der Waals surface area contributed by atoms with Crippen molar-refractivity contribution < 1.29 is 4.79 Å². The molecule has 4 heteroatoms. The molecule has 104 valence electrons. The van der Waals surface area contributed by atoms with Crippen LogP contribution in [0.25, 0.3) is 5.65 Å². The molecule has 3 aromatic rings. The van der Waals surface area contributed by atoms with Crippen molar-refractivity contribution in [3.8, 4) is 0 Å². The van der Waals surface area contributed by atoms with Crippen molar-refractivity contribution in [3.05, 3.63) is 66.1 Å². The molecule has 3 heterocycles. The zero-order chi connectivity index (χ0) is 14.2. The van der Waals surface area contributed by atoms with E-state index >= 15 is 0 Å². The Kier molecular flexibility index (Phi) is 2.74. The second-order valence-electron chi connectivity index (χ2n) is 5.27. The maximum absolute atomic E-state index is 12.9. The van der Waals surface area contributed by atoms with Gasteiger partial charge >= 0.3 is 0 Å². The van der Waals surface area contributed by atoms with Gasteiger partial charge in [-0.1, -0.05) is 18.2 Å². The van der Waals surface area contributed by atoms with E-state index in [0.29, 0.717) is 11.2 Å². The molecule has 0 radical (unpaired) electrons. The Morgan fingerprint density at radius 1 is 1.10 bits per heavy atom. The maximum Gasteiger partial charge on any atom is 0.262 e. The van der Waals surface area contributed by atoms with Crippen molar-refractivity contribution in [1.29, 1.82) is 0 Å². The van der Waals surface area contributed by atoms with E-state index in [1.165, 1.54) is 5.56 Å². The monoisotopic (exact) mass is 277 g/mol. The Balaban J connectivity index is 1.81. The summed E-state index contributed by atoms with van der Waals surface area (Å²) in [6, 6.07) is 11.9. The van der Waals surface area contributed by atoms with Crippen molar-refractivity contribution in [2.75, 3.05) is 11.4 Å². The van der Waals surface area contributed by atoms with Gasteiger partial charge < -0.3 is 9.30 Å². The van der Waals surface area contributed by atoms with Crippen molar-refractivity contribution >= 4 is 17.2 Å². The minimum atomic E-state index is 0.0268. The normalized spacial score (nSPS) is 14.2. The molecule has 2 aromatic heterocycles. The first kappa shape index (κ1) is 12.1. The van der Waals surface area contributed by atoms with E-state index in [-0.39, 0.29) is 5.91 Å². The predicted octanol–water partition coefficient (Wildman–Crippen LogP) is 2.93. The van der Waals surface area contributed by atoms with Crippen LogP contribution in [0.2, 0.25) is 0 Å². The van der Waals surface area contributed by atoms with E-state index in [2.05, 4.69) is 11.1 Å². The number of benzene rings is 1. The second-order valence-corrected chi connectivity index (χ2v) is 5.27. The van der Waals surface area contributed by atoms with E-state index in [0.717, 1.165) is 25.1 Å². The Morgan fingerprint density at radius 2 is 2.00 bits per heavy atom. The molecule has 0 aliphatic carbocycles. The number of anilines is 1. The number of aromatic nitrogens is 2. The lowest BCUT2D eigenvalue weighted by Crippen LogP contribution is -2.35. The van der Waals surface area contributed by atoms with Gasteiger partial charge in [0, 0.05) is 30.8 Å². The van der Waals surface area contributed by atoms with E-state index in [1.807, 2.05) is 52.0 Å². The number of imidazole rings is 1. The topological polar surface area (TPSA) is 37.6 Å². The van der Waals surface area contributed by atoms with Crippen LogP contribution in [0.3, 0.4) is 0 Å². The molecule has 0 fully saturated rings. The van der Waals surface area contributed by atoms with Gasteiger partial charge in [0.25, 0.3) is 5.91 Å². The molecule has 0 unspecified atom stereocenters. The van der Waals surface area contributed by atoms with Crippen LogP contribution >= 0.6 is 0 Å². The zero-order valence-corrected chi connectivity index (χ0v) is 11.6. The highest BCUT2D eigenvalue weighted by molar-refractivity contribution is 6.10. The number of hydrogen-bond acceptors (Lipinski definition) is 2. The number of carbonyl (C=O) groups is 1. The van der Waals surface area contributed by atoms with Crippen LogP contribution in [0, 0.1) is 0 Å². The Hall–Kier alpha value is -2.62. The molecule has 4 nitrogen and oxygen atoms in total. The standard InChI is InChI=1S/C17H15N3O/c21-17(14-7-4-10-19-12-9-18-16(14)19)20-11-3-6-13-5-1-2-8-15(13)20/h1-2,4-5,7-10,12H,3,6,11H2. The summed E-state index contributed by atoms with van der Waals surface area (Å²) in [4.78, 5) is 19.1. The van der Waals surface area contributed by atoms with Gasteiger partial charge in [0.05, 0.1) is 5.56 Å². The molecule has 0 spiro atoms. The average Bonchev–Trinajstić information content (AvgIpc) is 3.02. The molecular formula is C17H15N3O. The summed E-state index contributed by atoms with van der Waals surface area (Å²) in [5, 5.41) is 0. The average molecular weight is 277 g/mol. The molecule has 0 bridgehead atoms. The van der Waals surface area contributed by atoms with Gasteiger partial charge in [-0.15, -0.1) is 0 Å². The number of nitrogens with zero attached hydrogens (tertiary/aromatic N) is 3. The highest BCUT2D eigenvalue weighted by atomic mass is 16.2. The molecule has 1 amide bonds. The first-order valence-electron chi connectivity index (χ1n) is 7.16. The minimum Gasteiger partial charge on any atom is -0.308 e. The van der Waals surface area contributed by atoms with Crippen molar-refractivity contribution in [3.63, 3.8) is 0 Å². The number of para-hydroxylation sites is 1. The summed E-state index contributed by atoms with van der Waals surface area (Å²) in [6.45, 7) is 0.762. The molecular weight excluding hydrogens is 262 g/mol. The third-order valence-electron chi connectivity index (χ3n) is 4.00.